The molecule has 25 heavy (non-hydrogen) atoms. The van der Waals surface area contributed by atoms with Crippen LogP contribution in [0.4, 0.5) is 0 Å². The van der Waals surface area contributed by atoms with Gasteiger partial charge in [-0.1, -0.05) is 45.7 Å². The first-order valence-corrected chi connectivity index (χ1v) is 9.25. The van der Waals surface area contributed by atoms with Gasteiger partial charge in [0.1, 0.15) is 5.75 Å². The van der Waals surface area contributed by atoms with Crippen LogP contribution in [0.3, 0.4) is 0 Å². The average Bonchev–Trinajstić information content (AvgIpc) is 2.88. The van der Waals surface area contributed by atoms with E-state index < -0.39 is 0 Å². The van der Waals surface area contributed by atoms with Gasteiger partial charge in [-0.15, -0.1) is 0 Å². The highest BCUT2D eigenvalue weighted by Gasteiger charge is 2.16. The second-order valence-electron chi connectivity index (χ2n) is 6.92. The molecule has 0 radical (unpaired) electrons. The summed E-state index contributed by atoms with van der Waals surface area (Å²) in [6, 6.07) is 7.92. The molecule has 0 aliphatic carbocycles. The first-order valence-electron chi connectivity index (χ1n) is 9.25. The summed E-state index contributed by atoms with van der Waals surface area (Å²) in [6.07, 6.45) is 4.51. The van der Waals surface area contributed by atoms with Crippen molar-refractivity contribution in [2.75, 3.05) is 6.61 Å². The fourth-order valence-corrected chi connectivity index (χ4v) is 2.99. The second-order valence-corrected chi connectivity index (χ2v) is 6.92. The Bertz CT molecular complexity index is 699. The maximum Gasteiger partial charge on any atom is 0.284 e. The molecule has 0 aliphatic heterocycles. The maximum atomic E-state index is 12.5. The van der Waals surface area contributed by atoms with Crippen LogP contribution in [0.1, 0.15) is 73.3 Å². The number of carbonyl (C=O) groups excluding carboxylic acids is 1. The molecular formula is C21H30N2O2. The SMILES string of the molecule is CCCCCc1c(C)nn(C(=O)COc2ccc(C(C)C)cc2)c1C. The van der Waals surface area contributed by atoms with E-state index in [1.807, 2.05) is 38.1 Å². The number of aryl methyl sites for hydroxylation is 1. The molecule has 0 aliphatic rings. The van der Waals surface area contributed by atoms with Crippen LogP contribution in [0.15, 0.2) is 24.3 Å². The predicted molar refractivity (Wildman–Crippen MR) is 102 cm³/mol. The summed E-state index contributed by atoms with van der Waals surface area (Å²) < 4.78 is 7.15. The van der Waals surface area contributed by atoms with Gasteiger partial charge in [0.15, 0.2) is 6.61 Å². The van der Waals surface area contributed by atoms with Crippen molar-refractivity contribution >= 4 is 5.91 Å². The molecule has 1 aromatic heterocycles. The minimum absolute atomic E-state index is 0.00259. The summed E-state index contributed by atoms with van der Waals surface area (Å²) in [7, 11) is 0. The van der Waals surface area contributed by atoms with Gasteiger partial charge in [-0.05, 0) is 55.9 Å². The van der Waals surface area contributed by atoms with Crippen molar-refractivity contribution in [3.8, 4) is 5.75 Å². The summed E-state index contributed by atoms with van der Waals surface area (Å²) in [5.41, 5.74) is 4.35. The van der Waals surface area contributed by atoms with Crippen molar-refractivity contribution in [2.45, 2.75) is 66.2 Å². The molecule has 0 fully saturated rings. The molecule has 4 heteroatoms. The molecule has 136 valence electrons. The number of carbonyl (C=O) groups is 1. The Labute approximate surface area is 151 Å². The third kappa shape index (κ3) is 4.94. The van der Waals surface area contributed by atoms with Crippen LogP contribution < -0.4 is 4.74 Å². The van der Waals surface area contributed by atoms with Crippen LogP contribution in [0.5, 0.6) is 5.75 Å². The summed E-state index contributed by atoms with van der Waals surface area (Å²) in [5, 5.41) is 4.43. The summed E-state index contributed by atoms with van der Waals surface area (Å²) in [5.74, 6) is 1.06. The minimum Gasteiger partial charge on any atom is -0.484 e. The number of aromatic nitrogens is 2. The quantitative estimate of drug-likeness (QED) is 0.629. The lowest BCUT2D eigenvalue weighted by Crippen LogP contribution is -2.21. The van der Waals surface area contributed by atoms with Gasteiger partial charge in [-0.3, -0.25) is 4.79 Å². The first-order chi connectivity index (χ1) is 11.9. The van der Waals surface area contributed by atoms with E-state index in [2.05, 4.69) is 25.9 Å². The largest absolute Gasteiger partial charge is 0.484 e. The number of hydrogen-bond donors (Lipinski definition) is 0. The van der Waals surface area contributed by atoms with Crippen LogP contribution >= 0.6 is 0 Å². The molecular weight excluding hydrogens is 312 g/mol. The van der Waals surface area contributed by atoms with Crippen LogP contribution in [0.2, 0.25) is 0 Å². The summed E-state index contributed by atoms with van der Waals surface area (Å²) in [6.45, 7) is 10.4. The molecule has 0 atom stereocenters. The van der Waals surface area contributed by atoms with Gasteiger partial charge in [-0.25, -0.2) is 4.68 Å². The Kier molecular flexibility index (Phi) is 6.80. The maximum absolute atomic E-state index is 12.5. The van der Waals surface area contributed by atoms with E-state index in [0.29, 0.717) is 11.7 Å². The van der Waals surface area contributed by atoms with Gasteiger partial charge in [-0.2, -0.15) is 5.10 Å². The fourth-order valence-electron chi connectivity index (χ4n) is 2.99. The van der Waals surface area contributed by atoms with Crippen molar-refractivity contribution < 1.29 is 9.53 Å². The van der Waals surface area contributed by atoms with E-state index in [0.717, 1.165) is 24.2 Å². The topological polar surface area (TPSA) is 44.1 Å². The van der Waals surface area contributed by atoms with E-state index >= 15 is 0 Å². The Morgan fingerprint density at radius 1 is 1.16 bits per heavy atom. The molecule has 1 heterocycles. The van der Waals surface area contributed by atoms with E-state index in [-0.39, 0.29) is 12.5 Å². The molecule has 0 amide bonds. The van der Waals surface area contributed by atoms with Crippen molar-refractivity contribution in [2.24, 2.45) is 0 Å². The van der Waals surface area contributed by atoms with Crippen molar-refractivity contribution in [3.05, 3.63) is 46.8 Å². The highest BCUT2D eigenvalue weighted by molar-refractivity contribution is 5.80. The lowest BCUT2D eigenvalue weighted by Gasteiger charge is -2.09. The average molecular weight is 342 g/mol. The van der Waals surface area contributed by atoms with Gasteiger partial charge in [0, 0.05) is 5.69 Å². The Balaban J connectivity index is 1.99. The Morgan fingerprint density at radius 3 is 2.44 bits per heavy atom. The standard InChI is InChI=1S/C21H30N2O2/c1-6-7-8-9-20-16(4)22-23(17(20)5)21(24)14-25-19-12-10-18(11-13-19)15(2)3/h10-13,15H,6-9,14H2,1-5H3. The number of nitrogens with zero attached hydrogens (tertiary/aromatic N) is 2. The number of rotatable bonds is 8. The molecule has 0 saturated carbocycles. The smallest absolute Gasteiger partial charge is 0.284 e. The Morgan fingerprint density at radius 2 is 1.84 bits per heavy atom. The summed E-state index contributed by atoms with van der Waals surface area (Å²) in [4.78, 5) is 12.5. The molecule has 0 N–H and O–H groups in total. The highest BCUT2D eigenvalue weighted by atomic mass is 16.5. The highest BCUT2D eigenvalue weighted by Crippen LogP contribution is 2.19. The van der Waals surface area contributed by atoms with E-state index in [9.17, 15) is 4.79 Å². The molecule has 0 unspecified atom stereocenters. The van der Waals surface area contributed by atoms with E-state index in [1.54, 1.807) is 0 Å². The molecule has 2 rings (SSSR count). The van der Waals surface area contributed by atoms with Gasteiger partial charge in [0.25, 0.3) is 5.91 Å². The number of unbranched alkanes of at least 4 members (excludes halogenated alkanes) is 2. The molecule has 2 aromatic rings. The first kappa shape index (κ1) is 19.2. The van der Waals surface area contributed by atoms with Gasteiger partial charge < -0.3 is 4.74 Å². The normalized spacial score (nSPS) is 11.1. The van der Waals surface area contributed by atoms with Gasteiger partial charge >= 0.3 is 0 Å². The zero-order chi connectivity index (χ0) is 18.4. The van der Waals surface area contributed by atoms with Crippen LogP contribution in [-0.2, 0) is 6.42 Å². The monoisotopic (exact) mass is 342 g/mol. The molecule has 1 aromatic carbocycles. The van der Waals surface area contributed by atoms with Gasteiger partial charge in [0.2, 0.25) is 0 Å². The second kappa shape index (κ2) is 8.84. The third-order valence-corrected chi connectivity index (χ3v) is 4.62. The zero-order valence-electron chi connectivity index (χ0n) is 16.1. The summed E-state index contributed by atoms with van der Waals surface area (Å²) >= 11 is 0. The van der Waals surface area contributed by atoms with Crippen molar-refractivity contribution in [3.63, 3.8) is 0 Å². The zero-order valence-corrected chi connectivity index (χ0v) is 16.1. The molecule has 0 spiro atoms. The van der Waals surface area contributed by atoms with Crippen LogP contribution in [-0.4, -0.2) is 22.3 Å². The lowest BCUT2D eigenvalue weighted by atomic mass is 10.0. The fraction of sp³-hybridized carbons (Fsp3) is 0.524. The van der Waals surface area contributed by atoms with Crippen molar-refractivity contribution in [1.82, 2.24) is 9.78 Å². The predicted octanol–water partition coefficient (Wildman–Crippen LogP) is 5.08. The van der Waals surface area contributed by atoms with E-state index in [4.69, 9.17) is 4.74 Å². The number of ether oxygens (including phenoxy) is 1. The molecule has 4 nitrogen and oxygen atoms in total. The lowest BCUT2D eigenvalue weighted by molar-refractivity contribution is 0.0818. The van der Waals surface area contributed by atoms with Crippen LogP contribution in [0, 0.1) is 13.8 Å². The number of benzene rings is 1. The molecule has 0 saturated heterocycles. The van der Waals surface area contributed by atoms with E-state index in [1.165, 1.54) is 28.7 Å². The van der Waals surface area contributed by atoms with Crippen LogP contribution in [0.25, 0.3) is 0 Å². The molecule has 0 bridgehead atoms. The third-order valence-electron chi connectivity index (χ3n) is 4.62. The van der Waals surface area contributed by atoms with Crippen molar-refractivity contribution in [1.29, 1.82) is 0 Å². The Hall–Kier alpha value is -2.10. The number of hydrogen-bond acceptors (Lipinski definition) is 3. The minimum atomic E-state index is -0.129. The van der Waals surface area contributed by atoms with Gasteiger partial charge in [0.05, 0.1) is 5.69 Å².